The van der Waals surface area contributed by atoms with Gasteiger partial charge in [0.05, 0.1) is 6.54 Å². The minimum atomic E-state index is 0.947. The monoisotopic (exact) mass is 276 g/mol. The Hall–Kier alpha value is -0.960. The molecule has 1 aromatic carbocycles. The Kier molecular flexibility index (Phi) is 6.28. The first-order valence-electron chi connectivity index (χ1n) is 7.41. The molecule has 0 unspecified atom stereocenters. The lowest BCUT2D eigenvalue weighted by Crippen LogP contribution is -2.04. The van der Waals surface area contributed by atoms with Gasteiger partial charge in [-0.1, -0.05) is 56.5 Å². The Labute approximate surface area is 121 Å². The number of hydrogen-bond donors (Lipinski definition) is 1. The number of aryl methyl sites for hydroxylation is 1. The van der Waals surface area contributed by atoms with Crippen LogP contribution in [0.15, 0.2) is 29.3 Å². The molecule has 0 aliphatic carbocycles. The molecule has 1 aliphatic heterocycles. The molecule has 104 valence electrons. The van der Waals surface area contributed by atoms with Crippen molar-refractivity contribution in [2.75, 3.05) is 17.6 Å². The molecule has 0 spiro atoms. The van der Waals surface area contributed by atoms with Gasteiger partial charge < -0.3 is 5.32 Å². The SMILES string of the molecule is CCCCCCCc1ccc(NC2=NCCS2)cc1. The van der Waals surface area contributed by atoms with Crippen molar-refractivity contribution in [1.82, 2.24) is 0 Å². The zero-order chi connectivity index (χ0) is 13.3. The molecular formula is C16H24N2S. The summed E-state index contributed by atoms with van der Waals surface area (Å²) in [7, 11) is 0. The Morgan fingerprint density at radius 3 is 2.58 bits per heavy atom. The zero-order valence-corrected chi connectivity index (χ0v) is 12.6. The van der Waals surface area contributed by atoms with Crippen LogP contribution in [0.25, 0.3) is 0 Å². The molecule has 0 amide bonds. The number of aliphatic imine (C=N–C) groups is 1. The fraction of sp³-hybridized carbons (Fsp3) is 0.562. The maximum Gasteiger partial charge on any atom is 0.161 e. The van der Waals surface area contributed by atoms with Gasteiger partial charge in [0.25, 0.3) is 0 Å². The summed E-state index contributed by atoms with van der Waals surface area (Å²) in [5, 5.41) is 4.43. The first-order valence-corrected chi connectivity index (χ1v) is 8.40. The Morgan fingerprint density at radius 1 is 1.11 bits per heavy atom. The minimum absolute atomic E-state index is 0.947. The van der Waals surface area contributed by atoms with Crippen molar-refractivity contribution in [3.05, 3.63) is 29.8 Å². The van der Waals surface area contributed by atoms with E-state index in [9.17, 15) is 0 Å². The number of rotatable bonds is 7. The van der Waals surface area contributed by atoms with Crippen molar-refractivity contribution >= 4 is 22.6 Å². The molecule has 0 bridgehead atoms. The maximum atomic E-state index is 4.40. The first kappa shape index (κ1) is 14.4. The lowest BCUT2D eigenvalue weighted by Gasteiger charge is -2.06. The molecule has 0 atom stereocenters. The molecule has 19 heavy (non-hydrogen) atoms. The molecule has 0 saturated heterocycles. The summed E-state index contributed by atoms with van der Waals surface area (Å²) in [5.41, 5.74) is 2.60. The van der Waals surface area contributed by atoms with Crippen LogP contribution in [0.1, 0.15) is 44.6 Å². The first-order chi connectivity index (χ1) is 9.38. The third-order valence-electron chi connectivity index (χ3n) is 3.36. The molecule has 1 aromatic rings. The van der Waals surface area contributed by atoms with Crippen molar-refractivity contribution in [3.8, 4) is 0 Å². The van der Waals surface area contributed by atoms with Gasteiger partial charge in [0.2, 0.25) is 0 Å². The van der Waals surface area contributed by atoms with Gasteiger partial charge in [-0.2, -0.15) is 0 Å². The van der Waals surface area contributed by atoms with E-state index in [1.54, 1.807) is 11.8 Å². The number of hydrogen-bond acceptors (Lipinski definition) is 3. The molecular weight excluding hydrogens is 252 g/mol. The van der Waals surface area contributed by atoms with Crippen molar-refractivity contribution in [2.24, 2.45) is 4.99 Å². The van der Waals surface area contributed by atoms with Crippen LogP contribution < -0.4 is 5.32 Å². The van der Waals surface area contributed by atoms with Crippen LogP contribution in [0.3, 0.4) is 0 Å². The Morgan fingerprint density at radius 2 is 1.89 bits per heavy atom. The molecule has 1 aliphatic rings. The van der Waals surface area contributed by atoms with E-state index in [4.69, 9.17) is 0 Å². The highest BCUT2D eigenvalue weighted by molar-refractivity contribution is 8.14. The van der Waals surface area contributed by atoms with Gasteiger partial charge in [-0.05, 0) is 30.5 Å². The van der Waals surface area contributed by atoms with E-state index in [1.807, 2.05) is 0 Å². The molecule has 0 saturated carbocycles. The van der Waals surface area contributed by atoms with Crippen LogP contribution in [0.2, 0.25) is 0 Å². The summed E-state index contributed by atoms with van der Waals surface area (Å²) in [6, 6.07) is 8.82. The molecule has 2 rings (SSSR count). The summed E-state index contributed by atoms with van der Waals surface area (Å²) in [6.45, 7) is 3.21. The van der Waals surface area contributed by atoms with E-state index < -0.39 is 0 Å². The van der Waals surface area contributed by atoms with Crippen molar-refractivity contribution in [2.45, 2.75) is 45.4 Å². The molecule has 0 radical (unpaired) electrons. The third kappa shape index (κ3) is 5.27. The van der Waals surface area contributed by atoms with E-state index in [-0.39, 0.29) is 0 Å². The number of anilines is 1. The molecule has 1 N–H and O–H groups in total. The predicted molar refractivity (Wildman–Crippen MR) is 87.3 cm³/mol. The molecule has 1 heterocycles. The van der Waals surface area contributed by atoms with E-state index in [0.29, 0.717) is 0 Å². The quantitative estimate of drug-likeness (QED) is 0.729. The van der Waals surface area contributed by atoms with E-state index in [0.717, 1.165) is 23.2 Å². The zero-order valence-electron chi connectivity index (χ0n) is 11.8. The predicted octanol–water partition coefficient (Wildman–Crippen LogP) is 4.71. The van der Waals surface area contributed by atoms with E-state index >= 15 is 0 Å². The van der Waals surface area contributed by atoms with Gasteiger partial charge >= 0.3 is 0 Å². The van der Waals surface area contributed by atoms with Crippen LogP contribution >= 0.6 is 11.8 Å². The van der Waals surface area contributed by atoms with Gasteiger partial charge in [-0.15, -0.1) is 0 Å². The fourth-order valence-corrected chi connectivity index (χ4v) is 2.97. The summed E-state index contributed by atoms with van der Waals surface area (Å²) in [4.78, 5) is 4.40. The highest BCUT2D eigenvalue weighted by Crippen LogP contribution is 2.17. The van der Waals surface area contributed by atoms with Crippen molar-refractivity contribution in [1.29, 1.82) is 0 Å². The van der Waals surface area contributed by atoms with Gasteiger partial charge in [0.15, 0.2) is 5.17 Å². The molecule has 2 nitrogen and oxygen atoms in total. The number of nitrogens with one attached hydrogen (secondary N) is 1. The van der Waals surface area contributed by atoms with E-state index in [2.05, 4.69) is 41.5 Å². The van der Waals surface area contributed by atoms with Crippen LogP contribution in [-0.2, 0) is 6.42 Å². The molecule has 3 heteroatoms. The summed E-state index contributed by atoms with van der Waals surface area (Å²) < 4.78 is 0. The van der Waals surface area contributed by atoms with Gasteiger partial charge in [-0.3, -0.25) is 4.99 Å². The molecule has 0 aromatic heterocycles. The highest BCUT2D eigenvalue weighted by Gasteiger charge is 2.06. The van der Waals surface area contributed by atoms with Crippen LogP contribution in [0.4, 0.5) is 5.69 Å². The van der Waals surface area contributed by atoms with Gasteiger partial charge in [0.1, 0.15) is 0 Å². The largest absolute Gasteiger partial charge is 0.335 e. The second-order valence-electron chi connectivity index (χ2n) is 5.02. The topological polar surface area (TPSA) is 24.4 Å². The van der Waals surface area contributed by atoms with Gasteiger partial charge in [-0.25, -0.2) is 0 Å². The van der Waals surface area contributed by atoms with Crippen molar-refractivity contribution in [3.63, 3.8) is 0 Å². The number of nitrogens with zero attached hydrogens (tertiary/aromatic N) is 1. The smallest absolute Gasteiger partial charge is 0.161 e. The highest BCUT2D eigenvalue weighted by atomic mass is 32.2. The summed E-state index contributed by atoms with van der Waals surface area (Å²) in [5.74, 6) is 1.11. The van der Waals surface area contributed by atoms with Crippen LogP contribution in [-0.4, -0.2) is 17.5 Å². The number of thioether (sulfide) groups is 1. The number of unbranched alkanes of at least 4 members (excludes halogenated alkanes) is 4. The summed E-state index contributed by atoms with van der Waals surface area (Å²) >= 11 is 1.80. The lowest BCUT2D eigenvalue weighted by atomic mass is 10.1. The third-order valence-corrected chi connectivity index (χ3v) is 4.25. The number of amidine groups is 1. The standard InChI is InChI=1S/C16H24N2S/c1-2-3-4-5-6-7-14-8-10-15(11-9-14)18-16-17-12-13-19-16/h8-11H,2-7,12-13H2,1H3,(H,17,18). The average molecular weight is 276 g/mol. The minimum Gasteiger partial charge on any atom is -0.335 e. The average Bonchev–Trinajstić information content (AvgIpc) is 2.93. The van der Waals surface area contributed by atoms with Crippen LogP contribution in [0, 0.1) is 0 Å². The number of benzene rings is 1. The van der Waals surface area contributed by atoms with Crippen molar-refractivity contribution < 1.29 is 0 Å². The second kappa shape index (κ2) is 8.26. The van der Waals surface area contributed by atoms with Crippen LogP contribution in [0.5, 0.6) is 0 Å². The Balaban J connectivity index is 1.71. The fourth-order valence-electron chi connectivity index (χ4n) is 2.22. The van der Waals surface area contributed by atoms with Gasteiger partial charge in [0, 0.05) is 11.4 Å². The normalized spacial score (nSPS) is 14.5. The van der Waals surface area contributed by atoms with E-state index in [1.165, 1.54) is 44.1 Å². The second-order valence-corrected chi connectivity index (χ2v) is 6.11. The maximum absolute atomic E-state index is 4.40. The summed E-state index contributed by atoms with van der Waals surface area (Å²) in [6.07, 6.45) is 7.97. The Bertz CT molecular complexity index is 398. The molecule has 0 fully saturated rings. The lowest BCUT2D eigenvalue weighted by molar-refractivity contribution is 0.632.